The van der Waals surface area contributed by atoms with Crippen molar-refractivity contribution in [2.45, 2.75) is 20.4 Å². The number of fused-ring (bicyclic) bond motifs is 1. The molecule has 3 heterocycles. The van der Waals surface area contributed by atoms with Crippen LogP contribution in [0.1, 0.15) is 19.7 Å². The monoisotopic (exact) mass is 294 g/mol. The van der Waals surface area contributed by atoms with E-state index in [1.807, 2.05) is 24.3 Å². The van der Waals surface area contributed by atoms with Gasteiger partial charge in [-0.15, -0.1) is 0 Å². The fraction of sp³-hybridized carbons (Fsp3) is 0.353. The molecule has 1 fully saturated rings. The molecule has 1 saturated heterocycles. The van der Waals surface area contributed by atoms with Crippen LogP contribution in [0.5, 0.6) is 0 Å². The first-order valence-electron chi connectivity index (χ1n) is 7.50. The third-order valence-corrected chi connectivity index (χ3v) is 4.02. The Kier molecular flexibility index (Phi) is 2.97. The zero-order chi connectivity index (χ0) is 15.2. The molecule has 1 aromatic carbocycles. The molecule has 1 aliphatic heterocycles. The molecular weight excluding hydrogens is 276 g/mol. The van der Waals surface area contributed by atoms with E-state index in [0.717, 1.165) is 29.6 Å². The minimum absolute atomic E-state index is 0.403. The molecule has 3 aromatic rings. The van der Waals surface area contributed by atoms with E-state index in [1.165, 1.54) is 0 Å². The summed E-state index contributed by atoms with van der Waals surface area (Å²) in [6, 6.07) is 10.1. The van der Waals surface area contributed by atoms with Crippen molar-refractivity contribution in [3.05, 3.63) is 42.4 Å². The lowest BCUT2D eigenvalue weighted by Crippen LogP contribution is -2.52. The number of benzene rings is 1. The summed E-state index contributed by atoms with van der Waals surface area (Å²) in [6.45, 7) is 7.38. The molecule has 0 aliphatic carbocycles. The van der Waals surface area contributed by atoms with Gasteiger partial charge >= 0.3 is 0 Å². The lowest BCUT2D eigenvalue weighted by molar-refractivity contribution is 0.0164. The summed E-state index contributed by atoms with van der Waals surface area (Å²) >= 11 is 0. The highest BCUT2D eigenvalue weighted by Crippen LogP contribution is 2.30. The van der Waals surface area contributed by atoms with Gasteiger partial charge in [0.05, 0.1) is 6.54 Å². The molecule has 0 radical (unpaired) electrons. The van der Waals surface area contributed by atoms with Gasteiger partial charge in [0.1, 0.15) is 5.69 Å². The predicted molar refractivity (Wildman–Crippen MR) is 84.1 cm³/mol. The largest absolute Gasteiger partial charge is 0.337 e. The molecule has 22 heavy (non-hydrogen) atoms. The molecule has 1 aliphatic rings. The second kappa shape index (κ2) is 4.88. The second-order valence-electron chi connectivity index (χ2n) is 6.70. The topological polar surface area (TPSA) is 55.1 Å². The molecule has 5 nitrogen and oxygen atoms in total. The first kappa shape index (κ1) is 13.4. The van der Waals surface area contributed by atoms with E-state index in [-0.39, 0.29) is 0 Å². The van der Waals surface area contributed by atoms with Crippen molar-refractivity contribution in [2.75, 3.05) is 13.1 Å². The van der Waals surface area contributed by atoms with Crippen LogP contribution >= 0.6 is 0 Å². The van der Waals surface area contributed by atoms with Crippen LogP contribution in [0.25, 0.3) is 22.3 Å². The zero-order valence-corrected chi connectivity index (χ0v) is 12.8. The number of hydrogen-bond donors (Lipinski definition) is 0. The zero-order valence-electron chi connectivity index (χ0n) is 12.8. The molecule has 0 bridgehead atoms. The lowest BCUT2D eigenvalue weighted by atomic mass is 9.84. The Morgan fingerprint density at radius 2 is 2.00 bits per heavy atom. The first-order valence-corrected chi connectivity index (χ1v) is 7.50. The summed E-state index contributed by atoms with van der Waals surface area (Å²) in [5.41, 5.74) is 1.18. The molecule has 0 unspecified atom stereocenters. The number of hydrogen-bond acceptors (Lipinski definition) is 5. The smallest absolute Gasteiger partial charge is 0.241 e. The summed E-state index contributed by atoms with van der Waals surface area (Å²) in [6.07, 6.45) is 1.78. The average Bonchev–Trinajstić information content (AvgIpc) is 2.93. The normalized spacial score (nSPS) is 17.5. The Morgan fingerprint density at radius 3 is 2.82 bits per heavy atom. The maximum Gasteiger partial charge on any atom is 0.241 e. The minimum Gasteiger partial charge on any atom is -0.337 e. The molecule has 0 saturated carbocycles. The van der Waals surface area contributed by atoms with E-state index >= 15 is 0 Å². The minimum atomic E-state index is 0.403. The van der Waals surface area contributed by atoms with Crippen molar-refractivity contribution in [3.8, 4) is 11.5 Å². The van der Waals surface area contributed by atoms with Gasteiger partial charge in [0.2, 0.25) is 11.7 Å². The van der Waals surface area contributed by atoms with Crippen molar-refractivity contribution in [3.63, 3.8) is 0 Å². The van der Waals surface area contributed by atoms with Crippen LogP contribution in [0.4, 0.5) is 0 Å². The van der Waals surface area contributed by atoms with Gasteiger partial charge in [0, 0.05) is 24.7 Å². The molecular formula is C17H18N4O. The van der Waals surface area contributed by atoms with E-state index < -0.39 is 0 Å². The van der Waals surface area contributed by atoms with Crippen molar-refractivity contribution >= 4 is 10.8 Å². The van der Waals surface area contributed by atoms with Crippen LogP contribution in [0.3, 0.4) is 0 Å². The van der Waals surface area contributed by atoms with Crippen LogP contribution in [0.15, 0.2) is 41.1 Å². The first-order chi connectivity index (χ1) is 10.6. The van der Waals surface area contributed by atoms with Gasteiger partial charge < -0.3 is 4.52 Å². The van der Waals surface area contributed by atoms with Crippen molar-refractivity contribution < 1.29 is 4.52 Å². The molecule has 0 atom stereocenters. The van der Waals surface area contributed by atoms with Gasteiger partial charge in [-0.25, -0.2) is 0 Å². The van der Waals surface area contributed by atoms with Gasteiger partial charge in [-0.2, -0.15) is 4.98 Å². The summed E-state index contributed by atoms with van der Waals surface area (Å²) in [7, 11) is 0. The lowest BCUT2D eigenvalue weighted by Gasteiger charge is -2.45. The van der Waals surface area contributed by atoms with E-state index in [4.69, 9.17) is 4.52 Å². The summed E-state index contributed by atoms with van der Waals surface area (Å²) in [5, 5.41) is 6.28. The summed E-state index contributed by atoms with van der Waals surface area (Å²) < 4.78 is 5.40. The highest BCUT2D eigenvalue weighted by molar-refractivity contribution is 5.92. The predicted octanol–water partition coefficient (Wildman–Crippen LogP) is 3.13. The maximum atomic E-state index is 5.40. The molecule has 5 heteroatoms. The van der Waals surface area contributed by atoms with Gasteiger partial charge in [0.25, 0.3) is 0 Å². The highest BCUT2D eigenvalue weighted by Gasteiger charge is 2.34. The maximum absolute atomic E-state index is 5.40. The van der Waals surface area contributed by atoms with Crippen molar-refractivity contribution in [2.24, 2.45) is 5.41 Å². The van der Waals surface area contributed by atoms with Crippen LogP contribution in [0.2, 0.25) is 0 Å². The average molecular weight is 294 g/mol. The van der Waals surface area contributed by atoms with E-state index in [2.05, 4.69) is 39.9 Å². The third kappa shape index (κ3) is 2.37. The Bertz CT molecular complexity index is 811. The highest BCUT2D eigenvalue weighted by atomic mass is 16.5. The molecule has 2 aromatic heterocycles. The molecule has 0 spiro atoms. The molecule has 0 amide bonds. The molecule has 0 N–H and O–H groups in total. The van der Waals surface area contributed by atoms with E-state index in [9.17, 15) is 0 Å². The number of likely N-dealkylation sites (tertiary alicyclic amines) is 1. The van der Waals surface area contributed by atoms with Crippen molar-refractivity contribution in [1.29, 1.82) is 0 Å². The Labute approximate surface area is 129 Å². The quantitative estimate of drug-likeness (QED) is 0.743. The van der Waals surface area contributed by atoms with E-state index in [1.54, 1.807) is 6.20 Å². The third-order valence-electron chi connectivity index (χ3n) is 4.02. The SMILES string of the molecule is CC1(C)CN(Cc2nc(-c3nccc4ccccc34)no2)C1. The van der Waals surface area contributed by atoms with Gasteiger partial charge in [-0.1, -0.05) is 43.3 Å². The molecule has 112 valence electrons. The Hall–Kier alpha value is -2.27. The van der Waals surface area contributed by atoms with Gasteiger partial charge in [-0.05, 0) is 16.9 Å². The van der Waals surface area contributed by atoms with Crippen LogP contribution in [-0.2, 0) is 6.54 Å². The summed E-state index contributed by atoms with van der Waals surface area (Å²) in [5.74, 6) is 1.21. The van der Waals surface area contributed by atoms with Gasteiger partial charge in [0.15, 0.2) is 0 Å². The molecule has 4 rings (SSSR count). The van der Waals surface area contributed by atoms with Gasteiger partial charge in [-0.3, -0.25) is 9.88 Å². The number of aromatic nitrogens is 3. The standard InChI is InChI=1S/C17H18N4O/c1-17(2)10-21(11-17)9-14-19-16(20-22-14)15-13-6-4-3-5-12(13)7-8-18-15/h3-8H,9-11H2,1-2H3. The Balaban J connectivity index is 1.61. The van der Waals surface area contributed by atoms with Crippen LogP contribution in [-0.4, -0.2) is 33.1 Å². The number of rotatable bonds is 3. The van der Waals surface area contributed by atoms with Crippen LogP contribution in [0, 0.1) is 5.41 Å². The number of nitrogens with zero attached hydrogens (tertiary/aromatic N) is 4. The fourth-order valence-corrected chi connectivity index (χ4v) is 3.18. The van der Waals surface area contributed by atoms with Crippen LogP contribution < -0.4 is 0 Å². The number of pyridine rings is 1. The summed E-state index contributed by atoms with van der Waals surface area (Å²) in [4.78, 5) is 11.3. The van der Waals surface area contributed by atoms with E-state index in [0.29, 0.717) is 23.7 Å². The second-order valence-corrected chi connectivity index (χ2v) is 6.70. The van der Waals surface area contributed by atoms with Crippen molar-refractivity contribution in [1.82, 2.24) is 20.0 Å². The fourth-order valence-electron chi connectivity index (χ4n) is 3.18. The Morgan fingerprint density at radius 1 is 1.18 bits per heavy atom.